The third-order valence-corrected chi connectivity index (χ3v) is 7.21. The molecule has 32 heavy (non-hydrogen) atoms. The molecule has 7 nitrogen and oxygen atoms in total. The summed E-state index contributed by atoms with van der Waals surface area (Å²) in [6, 6.07) is 16.0. The normalized spacial score (nSPS) is 12.2. The smallest absolute Gasteiger partial charge is 0.251 e. The summed E-state index contributed by atoms with van der Waals surface area (Å²) in [5, 5.41) is 11.3. The predicted molar refractivity (Wildman–Crippen MR) is 129 cm³/mol. The highest BCUT2D eigenvalue weighted by atomic mass is 28.3. The minimum Gasteiger partial charge on any atom is -0.497 e. The quantitative estimate of drug-likeness (QED) is 0.517. The van der Waals surface area contributed by atoms with Gasteiger partial charge < -0.3 is 15.4 Å². The van der Waals surface area contributed by atoms with Gasteiger partial charge in [-0.3, -0.25) is 14.3 Å². The van der Waals surface area contributed by atoms with Crippen LogP contribution >= 0.6 is 0 Å². The Morgan fingerprint density at radius 1 is 1.03 bits per heavy atom. The van der Waals surface area contributed by atoms with Crippen molar-refractivity contribution in [3.8, 4) is 5.75 Å². The molecule has 0 aliphatic carbocycles. The number of aromatic nitrogens is 2. The highest BCUT2D eigenvalue weighted by Gasteiger charge is 2.24. The summed E-state index contributed by atoms with van der Waals surface area (Å²) in [4.78, 5) is 25.9. The van der Waals surface area contributed by atoms with Gasteiger partial charge in [0.2, 0.25) is 5.91 Å². The molecule has 0 saturated carbocycles. The van der Waals surface area contributed by atoms with Crippen molar-refractivity contribution in [3.05, 3.63) is 72.1 Å². The summed E-state index contributed by atoms with van der Waals surface area (Å²) in [6.45, 7) is 6.83. The number of carbonyl (C=O) groups is 2. The van der Waals surface area contributed by atoms with E-state index in [9.17, 15) is 9.59 Å². The molecule has 8 heteroatoms. The van der Waals surface area contributed by atoms with Crippen molar-refractivity contribution in [3.63, 3.8) is 0 Å². The molecule has 1 atom stereocenters. The van der Waals surface area contributed by atoms with E-state index < -0.39 is 14.1 Å². The molecule has 0 bridgehead atoms. The number of nitrogens with zero attached hydrogens (tertiary/aromatic N) is 2. The van der Waals surface area contributed by atoms with Crippen LogP contribution in [0, 0.1) is 0 Å². The van der Waals surface area contributed by atoms with Crippen molar-refractivity contribution in [2.75, 3.05) is 12.4 Å². The first-order valence-electron chi connectivity index (χ1n) is 10.5. The van der Waals surface area contributed by atoms with E-state index in [0.29, 0.717) is 22.7 Å². The number of nitrogens with one attached hydrogen (secondary N) is 2. The maximum Gasteiger partial charge on any atom is 0.251 e. The predicted octanol–water partition coefficient (Wildman–Crippen LogP) is 3.01. The molecular formula is C24H30N4O3Si. The minimum atomic E-state index is -1.43. The monoisotopic (exact) mass is 450 g/mol. The summed E-state index contributed by atoms with van der Waals surface area (Å²) >= 11 is 0. The Labute approximate surface area is 189 Å². The summed E-state index contributed by atoms with van der Waals surface area (Å²) in [6.07, 6.45) is 1.87. The lowest BCUT2D eigenvalue weighted by Gasteiger charge is -2.20. The fraction of sp³-hybridized carbons (Fsp3) is 0.292. The van der Waals surface area contributed by atoms with Crippen LogP contribution in [-0.2, 0) is 23.1 Å². The van der Waals surface area contributed by atoms with Crippen molar-refractivity contribution in [2.45, 2.75) is 32.1 Å². The van der Waals surface area contributed by atoms with Crippen LogP contribution in [0.2, 0.25) is 19.6 Å². The zero-order valence-corrected chi connectivity index (χ0v) is 20.2. The van der Waals surface area contributed by atoms with Gasteiger partial charge in [-0.15, -0.1) is 0 Å². The van der Waals surface area contributed by atoms with Gasteiger partial charge in [-0.05, 0) is 35.9 Å². The Balaban J connectivity index is 1.78. The molecule has 3 rings (SSSR count). The van der Waals surface area contributed by atoms with Gasteiger partial charge in [0, 0.05) is 18.9 Å². The summed E-state index contributed by atoms with van der Waals surface area (Å²) in [5.74, 6) is 0.0775. The molecule has 1 unspecified atom stereocenters. The van der Waals surface area contributed by atoms with Gasteiger partial charge in [0.15, 0.2) is 0 Å². The molecule has 2 amide bonds. The van der Waals surface area contributed by atoms with E-state index >= 15 is 0 Å². The number of methoxy groups -OCH3 is 1. The maximum atomic E-state index is 13.2. The molecule has 1 heterocycles. The van der Waals surface area contributed by atoms with Gasteiger partial charge in [0.05, 0.1) is 27.3 Å². The van der Waals surface area contributed by atoms with Gasteiger partial charge in [-0.25, -0.2) is 0 Å². The van der Waals surface area contributed by atoms with E-state index in [4.69, 9.17) is 4.74 Å². The molecule has 0 spiro atoms. The Morgan fingerprint density at radius 2 is 1.69 bits per heavy atom. The molecule has 1 aromatic heterocycles. The van der Waals surface area contributed by atoms with E-state index in [0.717, 1.165) is 0 Å². The average molecular weight is 451 g/mol. The SMILES string of the molecule is COc1ccc(C(NC(=O)Cc2ccn(C)n2)C(=O)Nc2ccc([Si](C)(C)C)cc2)cc1. The van der Waals surface area contributed by atoms with Crippen LogP contribution in [0.15, 0.2) is 60.8 Å². The number of hydrogen-bond acceptors (Lipinski definition) is 4. The van der Waals surface area contributed by atoms with Crippen LogP contribution in [0.1, 0.15) is 17.3 Å². The number of amides is 2. The molecule has 0 aliphatic heterocycles. The lowest BCUT2D eigenvalue weighted by Crippen LogP contribution is -2.38. The third kappa shape index (κ3) is 6.07. The van der Waals surface area contributed by atoms with Gasteiger partial charge in [-0.1, -0.05) is 49.1 Å². The first-order chi connectivity index (χ1) is 15.2. The summed E-state index contributed by atoms with van der Waals surface area (Å²) in [7, 11) is 1.95. The zero-order chi connectivity index (χ0) is 23.3. The Hall–Kier alpha value is -3.39. The van der Waals surface area contributed by atoms with Gasteiger partial charge in [-0.2, -0.15) is 5.10 Å². The molecule has 2 aromatic carbocycles. The van der Waals surface area contributed by atoms with E-state index in [1.165, 1.54) is 5.19 Å². The van der Waals surface area contributed by atoms with Crippen LogP contribution in [0.4, 0.5) is 5.69 Å². The number of ether oxygens (including phenoxy) is 1. The largest absolute Gasteiger partial charge is 0.497 e. The first kappa shape index (κ1) is 23.3. The highest BCUT2D eigenvalue weighted by molar-refractivity contribution is 6.88. The van der Waals surface area contributed by atoms with Crippen LogP contribution in [-0.4, -0.2) is 36.8 Å². The van der Waals surface area contributed by atoms with Crippen LogP contribution < -0.4 is 20.6 Å². The molecular weight excluding hydrogens is 420 g/mol. The second-order valence-corrected chi connectivity index (χ2v) is 13.8. The highest BCUT2D eigenvalue weighted by Crippen LogP contribution is 2.20. The fourth-order valence-corrected chi connectivity index (χ4v) is 4.47. The van der Waals surface area contributed by atoms with E-state index in [2.05, 4.69) is 47.5 Å². The Bertz CT molecular complexity index is 1070. The molecule has 0 radical (unpaired) electrons. The van der Waals surface area contributed by atoms with E-state index in [1.54, 1.807) is 55.4 Å². The van der Waals surface area contributed by atoms with Crippen LogP contribution in [0.5, 0.6) is 5.75 Å². The molecule has 0 fully saturated rings. The van der Waals surface area contributed by atoms with Crippen molar-refractivity contribution in [1.82, 2.24) is 15.1 Å². The molecule has 2 N–H and O–H groups in total. The standard InChI is InChI=1S/C24H30N4O3Si/c1-28-15-14-19(27-28)16-22(29)26-23(17-6-10-20(31-2)11-7-17)24(30)25-18-8-12-21(13-9-18)32(3,4)5/h6-15,23H,16H2,1-5H3,(H,25,30)(H,26,29). The zero-order valence-electron chi connectivity index (χ0n) is 19.2. The van der Waals surface area contributed by atoms with Gasteiger partial charge >= 0.3 is 0 Å². The van der Waals surface area contributed by atoms with Crippen molar-refractivity contribution >= 4 is 30.8 Å². The van der Waals surface area contributed by atoms with Gasteiger partial charge in [0.1, 0.15) is 11.8 Å². The minimum absolute atomic E-state index is 0.0890. The van der Waals surface area contributed by atoms with Crippen LogP contribution in [0.3, 0.4) is 0 Å². The van der Waals surface area contributed by atoms with E-state index in [-0.39, 0.29) is 18.2 Å². The van der Waals surface area contributed by atoms with Crippen molar-refractivity contribution in [1.29, 1.82) is 0 Å². The summed E-state index contributed by atoms with van der Waals surface area (Å²) < 4.78 is 6.85. The lowest BCUT2D eigenvalue weighted by atomic mass is 10.1. The maximum absolute atomic E-state index is 13.2. The number of hydrogen-bond donors (Lipinski definition) is 2. The number of rotatable bonds is 8. The van der Waals surface area contributed by atoms with Crippen LogP contribution in [0.25, 0.3) is 0 Å². The molecule has 0 aliphatic rings. The molecule has 0 saturated heterocycles. The lowest BCUT2D eigenvalue weighted by molar-refractivity contribution is -0.126. The third-order valence-electron chi connectivity index (χ3n) is 5.15. The first-order valence-corrected chi connectivity index (χ1v) is 14.0. The fourth-order valence-electron chi connectivity index (χ4n) is 3.30. The van der Waals surface area contributed by atoms with Gasteiger partial charge in [0.25, 0.3) is 5.91 Å². The van der Waals surface area contributed by atoms with Crippen molar-refractivity contribution < 1.29 is 14.3 Å². The number of aryl methyl sites for hydroxylation is 1. The van der Waals surface area contributed by atoms with Crippen molar-refractivity contribution in [2.24, 2.45) is 7.05 Å². The number of benzene rings is 2. The topological polar surface area (TPSA) is 85.2 Å². The molecule has 3 aromatic rings. The Kier molecular flexibility index (Phi) is 7.14. The molecule has 168 valence electrons. The number of carbonyl (C=O) groups excluding carboxylic acids is 2. The average Bonchev–Trinajstić information content (AvgIpc) is 3.16. The second kappa shape index (κ2) is 9.82. The second-order valence-electron chi connectivity index (χ2n) is 8.75. The Morgan fingerprint density at radius 3 is 2.22 bits per heavy atom. The number of anilines is 1. The van der Waals surface area contributed by atoms with E-state index in [1.807, 2.05) is 12.1 Å². The summed E-state index contributed by atoms with van der Waals surface area (Å²) in [5.41, 5.74) is 1.99.